The molecule has 0 spiro atoms. The molecule has 2 saturated heterocycles. The summed E-state index contributed by atoms with van der Waals surface area (Å²) in [6.45, 7) is 8.05. The molecule has 1 unspecified atom stereocenters. The second-order valence-corrected chi connectivity index (χ2v) is 13.2. The molecule has 41 heavy (non-hydrogen) atoms. The van der Waals surface area contributed by atoms with Crippen molar-refractivity contribution >= 4 is 38.5 Å². The van der Waals surface area contributed by atoms with Crippen molar-refractivity contribution in [3.8, 4) is 11.3 Å². The lowest BCUT2D eigenvalue weighted by Crippen LogP contribution is -2.46. The molecule has 4 heterocycles. The number of fused-ring (bicyclic) bond motifs is 3. The predicted molar refractivity (Wildman–Crippen MR) is 159 cm³/mol. The van der Waals surface area contributed by atoms with E-state index in [0.717, 1.165) is 59.5 Å². The highest BCUT2D eigenvalue weighted by Crippen LogP contribution is 2.36. The summed E-state index contributed by atoms with van der Waals surface area (Å²) < 4.78 is 23.9. The largest absolute Gasteiger partial charge is 0.444 e. The fourth-order valence-electron chi connectivity index (χ4n) is 5.92. The molecule has 2 amide bonds. The lowest BCUT2D eigenvalue weighted by molar-refractivity contribution is 0.0224. The summed E-state index contributed by atoms with van der Waals surface area (Å²) in [5, 5.41) is 3.17. The van der Waals surface area contributed by atoms with Crippen LogP contribution < -0.4 is 5.32 Å². The van der Waals surface area contributed by atoms with Gasteiger partial charge < -0.3 is 19.9 Å². The van der Waals surface area contributed by atoms with Crippen LogP contribution >= 0.6 is 11.3 Å². The van der Waals surface area contributed by atoms with Gasteiger partial charge in [-0.3, -0.25) is 9.20 Å². The zero-order chi connectivity index (χ0) is 28.9. The number of carbonyl (C=O) groups is 2. The molecular formula is C31H36FN5O3S. The normalized spacial score (nSPS) is 20.2. The van der Waals surface area contributed by atoms with Gasteiger partial charge in [0.1, 0.15) is 11.4 Å². The highest BCUT2D eigenvalue weighted by Gasteiger charge is 2.33. The summed E-state index contributed by atoms with van der Waals surface area (Å²) in [5.74, 6) is -0.436. The van der Waals surface area contributed by atoms with Gasteiger partial charge in [-0.15, -0.1) is 0 Å². The molecule has 0 radical (unpaired) electrons. The number of thiazole rings is 1. The molecule has 0 aliphatic carbocycles. The summed E-state index contributed by atoms with van der Waals surface area (Å²) in [6.07, 6.45) is 5.16. The van der Waals surface area contributed by atoms with Crippen LogP contribution in [0.3, 0.4) is 0 Å². The quantitative estimate of drug-likeness (QED) is 0.310. The smallest absolute Gasteiger partial charge is 0.410 e. The Balaban J connectivity index is 1.21. The number of benzene rings is 2. The Morgan fingerprint density at radius 1 is 1.10 bits per heavy atom. The lowest BCUT2D eigenvalue weighted by atomic mass is 10.0. The van der Waals surface area contributed by atoms with Gasteiger partial charge in [-0.1, -0.05) is 17.4 Å². The standard InChI is InChI=1S/C31H36FN5O3S/c1-31(2,3)40-30(39)36-14-6-8-25(36)19-9-11-22(23(32)15-19)24-18-37-26-12-10-20(16-27(26)41-29(37)34-24)28(38)33-21-7-5-13-35(4)17-21/h9-12,15-16,18,21,25H,5-8,13-14,17H2,1-4H3,(H,33,38)/t21-,25?/m1/s1. The van der Waals surface area contributed by atoms with Crippen molar-refractivity contribution < 1.29 is 18.7 Å². The average molecular weight is 578 g/mol. The van der Waals surface area contributed by atoms with E-state index in [0.29, 0.717) is 23.4 Å². The summed E-state index contributed by atoms with van der Waals surface area (Å²) in [4.78, 5) is 35.0. The van der Waals surface area contributed by atoms with E-state index < -0.39 is 5.60 Å². The summed E-state index contributed by atoms with van der Waals surface area (Å²) in [6, 6.07) is 10.8. The molecule has 2 aliphatic rings. The topological polar surface area (TPSA) is 79.2 Å². The molecule has 2 aromatic heterocycles. The van der Waals surface area contributed by atoms with Crippen molar-refractivity contribution in [3.05, 3.63) is 59.5 Å². The van der Waals surface area contributed by atoms with Crippen LogP contribution in [0, 0.1) is 5.82 Å². The zero-order valence-corrected chi connectivity index (χ0v) is 24.8. The first-order chi connectivity index (χ1) is 19.6. The van der Waals surface area contributed by atoms with E-state index in [1.54, 1.807) is 11.0 Å². The van der Waals surface area contributed by atoms with E-state index in [4.69, 9.17) is 9.72 Å². The number of halogens is 1. The summed E-state index contributed by atoms with van der Waals surface area (Å²) in [7, 11) is 2.08. The van der Waals surface area contributed by atoms with Crippen molar-refractivity contribution in [3.63, 3.8) is 0 Å². The van der Waals surface area contributed by atoms with E-state index in [-0.39, 0.29) is 29.9 Å². The number of hydrogen-bond donors (Lipinski definition) is 1. The van der Waals surface area contributed by atoms with E-state index in [1.807, 2.05) is 55.6 Å². The number of piperidine rings is 1. The van der Waals surface area contributed by atoms with E-state index >= 15 is 4.39 Å². The highest BCUT2D eigenvalue weighted by atomic mass is 32.1. The summed E-state index contributed by atoms with van der Waals surface area (Å²) in [5.41, 5.74) is 2.68. The van der Waals surface area contributed by atoms with Crippen LogP contribution in [0.1, 0.15) is 68.4 Å². The molecule has 6 rings (SSSR count). The van der Waals surface area contributed by atoms with Gasteiger partial charge in [0.2, 0.25) is 0 Å². The van der Waals surface area contributed by atoms with Gasteiger partial charge in [0.15, 0.2) is 4.96 Å². The number of carbonyl (C=O) groups excluding carboxylic acids is 2. The van der Waals surface area contributed by atoms with Crippen molar-refractivity contribution in [2.45, 2.75) is 64.1 Å². The first-order valence-corrected chi connectivity index (χ1v) is 15.1. The molecule has 1 N–H and O–H groups in total. The fourth-order valence-corrected chi connectivity index (χ4v) is 6.97. The monoisotopic (exact) mass is 577 g/mol. The maximum Gasteiger partial charge on any atom is 0.410 e. The Hall–Kier alpha value is -3.50. The molecule has 8 nitrogen and oxygen atoms in total. The van der Waals surface area contributed by atoms with Gasteiger partial charge in [0.05, 0.1) is 22.0 Å². The predicted octanol–water partition coefficient (Wildman–Crippen LogP) is 6.25. The van der Waals surface area contributed by atoms with Crippen LogP contribution in [0.15, 0.2) is 42.6 Å². The minimum Gasteiger partial charge on any atom is -0.444 e. The zero-order valence-electron chi connectivity index (χ0n) is 23.9. The molecule has 0 saturated carbocycles. The molecule has 2 aromatic carbocycles. The number of nitrogens with zero attached hydrogens (tertiary/aromatic N) is 4. The number of imidazole rings is 1. The second-order valence-electron chi connectivity index (χ2n) is 12.2. The van der Waals surface area contributed by atoms with Crippen LogP contribution in [-0.2, 0) is 4.74 Å². The molecule has 0 bridgehead atoms. The molecule has 2 atom stereocenters. The van der Waals surface area contributed by atoms with Crippen molar-refractivity contribution in [2.75, 3.05) is 26.7 Å². The Morgan fingerprint density at radius 2 is 1.90 bits per heavy atom. The van der Waals surface area contributed by atoms with Crippen LogP contribution in [0.25, 0.3) is 26.4 Å². The van der Waals surface area contributed by atoms with Crippen LogP contribution in [0.2, 0.25) is 0 Å². The van der Waals surface area contributed by atoms with Gasteiger partial charge in [-0.25, -0.2) is 14.2 Å². The van der Waals surface area contributed by atoms with Crippen LogP contribution in [0.5, 0.6) is 0 Å². The molecule has 216 valence electrons. The molecule has 2 fully saturated rings. The van der Waals surface area contributed by atoms with E-state index in [1.165, 1.54) is 17.4 Å². The Labute approximate surface area is 243 Å². The number of ether oxygens (including phenoxy) is 1. The Kier molecular flexibility index (Phi) is 7.23. The van der Waals surface area contributed by atoms with Crippen molar-refractivity contribution in [1.82, 2.24) is 24.5 Å². The van der Waals surface area contributed by atoms with E-state index in [9.17, 15) is 9.59 Å². The second kappa shape index (κ2) is 10.7. The number of aromatic nitrogens is 2. The van der Waals surface area contributed by atoms with Gasteiger partial charge in [-0.05, 0) is 95.9 Å². The number of likely N-dealkylation sites (tertiary alicyclic amines) is 2. The first-order valence-electron chi connectivity index (χ1n) is 14.3. The van der Waals surface area contributed by atoms with Gasteiger partial charge in [0.25, 0.3) is 5.91 Å². The van der Waals surface area contributed by atoms with Crippen LogP contribution in [-0.4, -0.2) is 69.5 Å². The lowest BCUT2D eigenvalue weighted by Gasteiger charge is -2.30. The third-order valence-electron chi connectivity index (χ3n) is 7.85. The number of nitrogens with one attached hydrogen (secondary N) is 1. The molecule has 2 aliphatic heterocycles. The first kappa shape index (κ1) is 27.7. The fraction of sp³-hybridized carbons (Fsp3) is 0.452. The number of likely N-dealkylation sites (N-methyl/N-ethyl adjacent to an activating group) is 1. The van der Waals surface area contributed by atoms with Gasteiger partial charge in [-0.2, -0.15) is 0 Å². The van der Waals surface area contributed by atoms with Gasteiger partial charge >= 0.3 is 6.09 Å². The van der Waals surface area contributed by atoms with Gasteiger partial charge in [0, 0.05) is 36.5 Å². The number of rotatable bonds is 4. The number of amides is 2. The minimum atomic E-state index is -0.586. The number of hydrogen-bond acceptors (Lipinski definition) is 6. The maximum absolute atomic E-state index is 15.5. The maximum atomic E-state index is 15.5. The molecule has 4 aromatic rings. The highest BCUT2D eigenvalue weighted by molar-refractivity contribution is 7.23. The molecule has 10 heteroatoms. The average Bonchev–Trinajstić information content (AvgIpc) is 3.62. The van der Waals surface area contributed by atoms with Crippen molar-refractivity contribution in [1.29, 1.82) is 0 Å². The summed E-state index contributed by atoms with van der Waals surface area (Å²) >= 11 is 1.48. The van der Waals surface area contributed by atoms with Crippen LogP contribution in [0.4, 0.5) is 9.18 Å². The SMILES string of the molecule is CN1CCC[C@@H](NC(=O)c2ccc3c(c2)sc2nc(-c4ccc(C5CCCN5C(=O)OC(C)(C)C)cc4F)cn23)C1. The Bertz CT molecular complexity index is 1620. The van der Waals surface area contributed by atoms with E-state index in [2.05, 4.69) is 17.3 Å². The third-order valence-corrected chi connectivity index (χ3v) is 8.87. The molecular weight excluding hydrogens is 541 g/mol. The van der Waals surface area contributed by atoms with Crippen molar-refractivity contribution in [2.24, 2.45) is 0 Å². The minimum absolute atomic E-state index is 0.0615. The third kappa shape index (κ3) is 5.67. The Morgan fingerprint density at radius 3 is 2.66 bits per heavy atom.